The third-order valence-electron chi connectivity index (χ3n) is 4.67. The molecule has 1 saturated heterocycles. The van der Waals surface area contributed by atoms with Gasteiger partial charge in [-0.1, -0.05) is 65.8 Å². The molecule has 138 valence electrons. The van der Waals surface area contributed by atoms with Crippen molar-refractivity contribution in [1.29, 1.82) is 0 Å². The van der Waals surface area contributed by atoms with Crippen molar-refractivity contribution in [3.8, 4) is 11.4 Å². The molecule has 0 bridgehead atoms. The summed E-state index contributed by atoms with van der Waals surface area (Å²) in [6.07, 6.45) is 1.74. The van der Waals surface area contributed by atoms with Crippen LogP contribution in [-0.2, 0) is 16.1 Å². The van der Waals surface area contributed by atoms with E-state index < -0.39 is 0 Å². The van der Waals surface area contributed by atoms with Gasteiger partial charge >= 0.3 is 0 Å². The van der Waals surface area contributed by atoms with Gasteiger partial charge in [-0.25, -0.2) is 0 Å². The maximum absolute atomic E-state index is 12.6. The van der Waals surface area contributed by atoms with Gasteiger partial charge in [0.05, 0.1) is 6.61 Å². The summed E-state index contributed by atoms with van der Waals surface area (Å²) in [5.74, 6) is 0.987. The van der Waals surface area contributed by atoms with E-state index in [0.717, 1.165) is 24.0 Å². The second-order valence-corrected chi connectivity index (χ2v) is 6.55. The van der Waals surface area contributed by atoms with Crippen LogP contribution in [-0.4, -0.2) is 34.1 Å². The first kappa shape index (κ1) is 17.4. The molecule has 1 fully saturated rings. The highest BCUT2D eigenvalue weighted by atomic mass is 16.5. The SMILES string of the molecule is O=C(COCc1ccccc1)N1CCCC1c1nc(-c2ccccc2)no1. The maximum Gasteiger partial charge on any atom is 0.249 e. The van der Waals surface area contributed by atoms with Gasteiger partial charge in [-0.05, 0) is 18.4 Å². The Morgan fingerprint density at radius 2 is 1.85 bits per heavy atom. The van der Waals surface area contributed by atoms with Crippen molar-refractivity contribution in [3.63, 3.8) is 0 Å². The topological polar surface area (TPSA) is 68.5 Å². The Bertz CT molecular complexity index is 880. The quantitative estimate of drug-likeness (QED) is 0.669. The average Bonchev–Trinajstić information content (AvgIpc) is 3.39. The van der Waals surface area contributed by atoms with Gasteiger partial charge in [-0.15, -0.1) is 0 Å². The number of amides is 1. The summed E-state index contributed by atoms with van der Waals surface area (Å²) in [6, 6.07) is 19.3. The van der Waals surface area contributed by atoms with E-state index in [1.165, 1.54) is 0 Å². The fourth-order valence-electron chi connectivity index (χ4n) is 3.31. The molecule has 1 aromatic heterocycles. The molecule has 1 unspecified atom stereocenters. The van der Waals surface area contributed by atoms with E-state index in [4.69, 9.17) is 9.26 Å². The second kappa shape index (κ2) is 8.14. The first-order chi connectivity index (χ1) is 13.3. The highest BCUT2D eigenvalue weighted by Crippen LogP contribution is 2.32. The Morgan fingerprint density at radius 1 is 1.11 bits per heavy atom. The predicted molar refractivity (Wildman–Crippen MR) is 99.5 cm³/mol. The van der Waals surface area contributed by atoms with Crippen LogP contribution in [0.25, 0.3) is 11.4 Å². The van der Waals surface area contributed by atoms with Crippen LogP contribution >= 0.6 is 0 Å². The fraction of sp³-hybridized carbons (Fsp3) is 0.286. The van der Waals surface area contributed by atoms with E-state index in [2.05, 4.69) is 10.1 Å². The number of benzene rings is 2. The highest BCUT2D eigenvalue weighted by molar-refractivity contribution is 5.78. The third kappa shape index (κ3) is 4.06. The molecule has 0 aliphatic carbocycles. The number of carbonyl (C=O) groups excluding carboxylic acids is 1. The summed E-state index contributed by atoms with van der Waals surface area (Å²) in [4.78, 5) is 18.9. The summed E-state index contributed by atoms with van der Waals surface area (Å²) in [5, 5.41) is 4.07. The summed E-state index contributed by atoms with van der Waals surface area (Å²) in [5.41, 5.74) is 1.95. The van der Waals surface area contributed by atoms with E-state index in [1.54, 1.807) is 4.90 Å². The van der Waals surface area contributed by atoms with Gasteiger partial charge in [0, 0.05) is 12.1 Å². The minimum Gasteiger partial charge on any atom is -0.367 e. The van der Waals surface area contributed by atoms with E-state index in [0.29, 0.717) is 24.9 Å². The first-order valence-corrected chi connectivity index (χ1v) is 9.11. The van der Waals surface area contributed by atoms with Crippen LogP contribution in [0, 0.1) is 0 Å². The zero-order valence-electron chi connectivity index (χ0n) is 15.0. The molecule has 2 aromatic carbocycles. The van der Waals surface area contributed by atoms with Crippen molar-refractivity contribution >= 4 is 5.91 Å². The summed E-state index contributed by atoms with van der Waals surface area (Å²) >= 11 is 0. The largest absolute Gasteiger partial charge is 0.367 e. The van der Waals surface area contributed by atoms with Gasteiger partial charge in [-0.2, -0.15) is 4.98 Å². The molecule has 4 rings (SSSR count). The summed E-state index contributed by atoms with van der Waals surface area (Å²) in [6.45, 7) is 1.15. The molecule has 1 aliphatic heterocycles. The summed E-state index contributed by atoms with van der Waals surface area (Å²) in [7, 11) is 0. The lowest BCUT2D eigenvalue weighted by atomic mass is 10.2. The molecular weight excluding hydrogens is 342 g/mol. The minimum absolute atomic E-state index is 0.0467. The highest BCUT2D eigenvalue weighted by Gasteiger charge is 2.34. The lowest BCUT2D eigenvalue weighted by Gasteiger charge is -2.21. The number of likely N-dealkylation sites (tertiary alicyclic amines) is 1. The van der Waals surface area contributed by atoms with Crippen LogP contribution in [0.15, 0.2) is 65.2 Å². The minimum atomic E-state index is -0.178. The van der Waals surface area contributed by atoms with Crippen LogP contribution in [0.1, 0.15) is 30.3 Å². The van der Waals surface area contributed by atoms with E-state index in [-0.39, 0.29) is 18.6 Å². The number of ether oxygens (including phenoxy) is 1. The second-order valence-electron chi connectivity index (χ2n) is 6.55. The van der Waals surface area contributed by atoms with Crippen LogP contribution in [0.5, 0.6) is 0 Å². The van der Waals surface area contributed by atoms with Crippen molar-refractivity contribution in [2.24, 2.45) is 0 Å². The van der Waals surface area contributed by atoms with E-state index >= 15 is 0 Å². The lowest BCUT2D eigenvalue weighted by Crippen LogP contribution is -2.33. The number of hydrogen-bond acceptors (Lipinski definition) is 5. The number of carbonyl (C=O) groups is 1. The number of nitrogens with zero attached hydrogens (tertiary/aromatic N) is 3. The summed E-state index contributed by atoms with van der Waals surface area (Å²) < 4.78 is 11.1. The van der Waals surface area contributed by atoms with Crippen molar-refractivity contribution in [1.82, 2.24) is 15.0 Å². The van der Waals surface area contributed by atoms with Gasteiger partial charge in [0.2, 0.25) is 17.6 Å². The van der Waals surface area contributed by atoms with Gasteiger partial charge < -0.3 is 14.2 Å². The Morgan fingerprint density at radius 3 is 2.63 bits per heavy atom. The van der Waals surface area contributed by atoms with Gasteiger partial charge in [0.1, 0.15) is 12.6 Å². The molecule has 1 aliphatic rings. The Labute approximate surface area is 157 Å². The Balaban J connectivity index is 1.38. The zero-order valence-corrected chi connectivity index (χ0v) is 15.0. The van der Waals surface area contributed by atoms with Crippen LogP contribution in [0.3, 0.4) is 0 Å². The molecule has 1 atom stereocenters. The maximum atomic E-state index is 12.6. The van der Waals surface area contributed by atoms with Crippen molar-refractivity contribution in [2.45, 2.75) is 25.5 Å². The third-order valence-corrected chi connectivity index (χ3v) is 4.67. The molecule has 2 heterocycles. The smallest absolute Gasteiger partial charge is 0.249 e. The molecule has 3 aromatic rings. The molecule has 6 nitrogen and oxygen atoms in total. The number of rotatable bonds is 6. The molecule has 6 heteroatoms. The van der Waals surface area contributed by atoms with Crippen LogP contribution in [0.2, 0.25) is 0 Å². The molecule has 0 radical (unpaired) electrons. The van der Waals surface area contributed by atoms with Crippen LogP contribution in [0.4, 0.5) is 0 Å². The normalized spacial score (nSPS) is 16.6. The molecule has 1 amide bonds. The van der Waals surface area contributed by atoms with Gasteiger partial charge in [0.15, 0.2) is 0 Å². The Kier molecular flexibility index (Phi) is 5.25. The number of aromatic nitrogens is 2. The predicted octanol–water partition coefficient (Wildman–Crippen LogP) is 3.62. The first-order valence-electron chi connectivity index (χ1n) is 9.11. The van der Waals surface area contributed by atoms with Gasteiger partial charge in [-0.3, -0.25) is 4.79 Å². The van der Waals surface area contributed by atoms with Gasteiger partial charge in [0.25, 0.3) is 0 Å². The number of hydrogen-bond donors (Lipinski definition) is 0. The molecule has 0 saturated carbocycles. The van der Waals surface area contributed by atoms with Crippen molar-refractivity contribution in [2.75, 3.05) is 13.2 Å². The van der Waals surface area contributed by atoms with Crippen LogP contribution < -0.4 is 0 Å². The van der Waals surface area contributed by atoms with E-state index in [1.807, 2.05) is 60.7 Å². The Hall–Kier alpha value is -2.99. The monoisotopic (exact) mass is 363 g/mol. The van der Waals surface area contributed by atoms with Crippen molar-refractivity contribution in [3.05, 3.63) is 72.1 Å². The van der Waals surface area contributed by atoms with E-state index in [9.17, 15) is 4.79 Å². The fourth-order valence-corrected chi connectivity index (χ4v) is 3.31. The zero-order chi connectivity index (χ0) is 18.5. The molecule has 27 heavy (non-hydrogen) atoms. The lowest BCUT2D eigenvalue weighted by molar-refractivity contribution is -0.138. The molecule has 0 spiro atoms. The average molecular weight is 363 g/mol. The van der Waals surface area contributed by atoms with Crippen molar-refractivity contribution < 1.29 is 14.1 Å². The standard InChI is InChI=1S/C21H21N3O3/c25-19(15-26-14-16-8-3-1-4-9-16)24-13-7-12-18(24)21-22-20(23-27-21)17-10-5-2-6-11-17/h1-6,8-11,18H,7,12-15H2. The molecular formula is C21H21N3O3. The molecule has 0 N–H and O–H groups in total.